The molecule has 2 N–H and O–H groups in total. The Bertz CT molecular complexity index is 63.5. The van der Waals surface area contributed by atoms with E-state index in [-0.39, 0.29) is 0 Å². The Labute approximate surface area is 50.2 Å². The van der Waals surface area contributed by atoms with Crippen molar-refractivity contribution in [3.8, 4) is 0 Å². The fraction of sp³-hybridized carbons (Fsp3) is 0.667. The van der Waals surface area contributed by atoms with Crippen molar-refractivity contribution in [2.75, 3.05) is 6.54 Å². The summed E-state index contributed by atoms with van der Waals surface area (Å²) in [6, 6.07) is 0. The molecule has 0 radical (unpaired) electrons. The van der Waals surface area contributed by atoms with Crippen LogP contribution in [0.5, 0.6) is 0 Å². The summed E-state index contributed by atoms with van der Waals surface area (Å²) in [7, 11) is 0. The molecule has 0 aliphatic rings. The second kappa shape index (κ2) is 4.81. The van der Waals surface area contributed by atoms with Crippen molar-refractivity contribution in [1.29, 1.82) is 0 Å². The van der Waals surface area contributed by atoms with Crippen LogP contribution >= 0.6 is 0 Å². The highest BCUT2D eigenvalue weighted by Gasteiger charge is 1.93. The number of rotatable bonds is 4. The lowest BCUT2D eigenvalue weighted by Crippen LogP contribution is -2.27. The van der Waals surface area contributed by atoms with Crippen LogP contribution in [-0.2, 0) is 0 Å². The highest BCUT2D eigenvalue weighted by molar-refractivity contribution is 4.69. The SMILES string of the molecule is C=CC[C@H](O)NCC. The summed E-state index contributed by atoms with van der Waals surface area (Å²) in [5.74, 6) is 0. The van der Waals surface area contributed by atoms with E-state index in [1.54, 1.807) is 6.08 Å². The molecule has 0 fully saturated rings. The van der Waals surface area contributed by atoms with Crippen molar-refractivity contribution < 1.29 is 5.11 Å². The molecule has 48 valence electrons. The van der Waals surface area contributed by atoms with Gasteiger partial charge < -0.3 is 5.11 Å². The Morgan fingerprint density at radius 2 is 2.50 bits per heavy atom. The average molecular weight is 115 g/mol. The van der Waals surface area contributed by atoms with Crippen LogP contribution < -0.4 is 5.32 Å². The van der Waals surface area contributed by atoms with Gasteiger partial charge in [-0.25, -0.2) is 0 Å². The first kappa shape index (κ1) is 7.66. The topological polar surface area (TPSA) is 32.3 Å². The largest absolute Gasteiger partial charge is 0.378 e. The predicted octanol–water partition coefficient (Wildman–Crippen LogP) is 0.490. The van der Waals surface area contributed by atoms with Crippen LogP contribution in [0.1, 0.15) is 13.3 Å². The molecular weight excluding hydrogens is 102 g/mol. The molecule has 0 amide bonds. The van der Waals surface area contributed by atoms with E-state index in [1.807, 2.05) is 6.92 Å². The molecule has 0 bridgehead atoms. The molecule has 0 unspecified atom stereocenters. The van der Waals surface area contributed by atoms with Gasteiger partial charge in [0.2, 0.25) is 0 Å². The van der Waals surface area contributed by atoms with Gasteiger partial charge in [-0.15, -0.1) is 6.58 Å². The molecule has 1 atom stereocenters. The fourth-order valence-electron chi connectivity index (χ4n) is 0.477. The normalized spacial score (nSPS) is 13.2. The minimum Gasteiger partial charge on any atom is -0.378 e. The van der Waals surface area contributed by atoms with E-state index in [9.17, 15) is 0 Å². The van der Waals surface area contributed by atoms with Crippen LogP contribution in [0.3, 0.4) is 0 Å². The van der Waals surface area contributed by atoms with Crippen molar-refractivity contribution in [3.05, 3.63) is 12.7 Å². The Balaban J connectivity index is 3.03. The molecule has 2 heteroatoms. The summed E-state index contributed by atoms with van der Waals surface area (Å²) >= 11 is 0. The standard InChI is InChI=1S/C6H13NO/c1-3-5-6(8)7-4-2/h3,6-8H,1,4-5H2,2H3/t6-/m0/s1. The highest BCUT2D eigenvalue weighted by Crippen LogP contribution is 1.84. The van der Waals surface area contributed by atoms with Gasteiger partial charge in [0, 0.05) is 6.42 Å². The van der Waals surface area contributed by atoms with Gasteiger partial charge in [0.05, 0.1) is 0 Å². The van der Waals surface area contributed by atoms with Crippen LogP contribution in [0, 0.1) is 0 Å². The summed E-state index contributed by atoms with van der Waals surface area (Å²) in [4.78, 5) is 0. The van der Waals surface area contributed by atoms with Crippen molar-refractivity contribution in [3.63, 3.8) is 0 Å². The van der Waals surface area contributed by atoms with Gasteiger partial charge >= 0.3 is 0 Å². The lowest BCUT2D eigenvalue weighted by Gasteiger charge is -2.06. The van der Waals surface area contributed by atoms with Crippen molar-refractivity contribution in [1.82, 2.24) is 5.32 Å². The monoisotopic (exact) mass is 115 g/mol. The third-order valence-corrected chi connectivity index (χ3v) is 0.830. The van der Waals surface area contributed by atoms with E-state index >= 15 is 0 Å². The van der Waals surface area contributed by atoms with Gasteiger partial charge in [0.25, 0.3) is 0 Å². The first-order valence-electron chi connectivity index (χ1n) is 2.83. The van der Waals surface area contributed by atoms with Crippen LogP contribution in [0.25, 0.3) is 0 Å². The van der Waals surface area contributed by atoms with Crippen LogP contribution in [0.4, 0.5) is 0 Å². The quantitative estimate of drug-likeness (QED) is 0.413. The number of aliphatic hydroxyl groups is 1. The number of nitrogens with one attached hydrogen (secondary N) is 1. The molecule has 0 saturated heterocycles. The summed E-state index contributed by atoms with van der Waals surface area (Å²) in [6.07, 6.45) is 1.90. The molecule has 0 spiro atoms. The molecule has 0 aromatic carbocycles. The van der Waals surface area contributed by atoms with E-state index < -0.39 is 6.23 Å². The highest BCUT2D eigenvalue weighted by atomic mass is 16.3. The number of hydrogen-bond donors (Lipinski definition) is 2. The smallest absolute Gasteiger partial charge is 0.108 e. The molecule has 0 rings (SSSR count). The van der Waals surface area contributed by atoms with Gasteiger partial charge in [-0.05, 0) is 6.54 Å². The molecular formula is C6H13NO. The molecule has 0 aliphatic heterocycles. The summed E-state index contributed by atoms with van der Waals surface area (Å²) in [5.41, 5.74) is 0. The predicted molar refractivity (Wildman–Crippen MR) is 34.5 cm³/mol. The Hall–Kier alpha value is -0.340. The molecule has 0 heterocycles. The third kappa shape index (κ3) is 3.84. The summed E-state index contributed by atoms with van der Waals surface area (Å²) in [5, 5.41) is 11.7. The number of aliphatic hydroxyl groups excluding tert-OH is 1. The Morgan fingerprint density at radius 3 is 2.88 bits per heavy atom. The van der Waals surface area contributed by atoms with E-state index in [2.05, 4.69) is 11.9 Å². The molecule has 0 aliphatic carbocycles. The summed E-state index contributed by atoms with van der Waals surface area (Å²) in [6.45, 7) is 6.23. The maximum Gasteiger partial charge on any atom is 0.108 e. The van der Waals surface area contributed by atoms with E-state index in [0.717, 1.165) is 6.54 Å². The minimum absolute atomic E-state index is 0.405. The molecule has 8 heavy (non-hydrogen) atoms. The lowest BCUT2D eigenvalue weighted by atomic mass is 10.4. The zero-order valence-corrected chi connectivity index (χ0v) is 5.22. The first-order chi connectivity index (χ1) is 3.81. The van der Waals surface area contributed by atoms with Crippen LogP contribution in [-0.4, -0.2) is 17.9 Å². The zero-order chi connectivity index (χ0) is 6.41. The summed E-state index contributed by atoms with van der Waals surface area (Å²) < 4.78 is 0. The van der Waals surface area contributed by atoms with Crippen LogP contribution in [0.2, 0.25) is 0 Å². The van der Waals surface area contributed by atoms with Gasteiger partial charge in [-0.1, -0.05) is 13.0 Å². The molecule has 0 aromatic heterocycles. The molecule has 0 saturated carbocycles. The molecule has 0 aromatic rings. The van der Waals surface area contributed by atoms with Crippen molar-refractivity contribution in [2.24, 2.45) is 0 Å². The molecule has 2 nitrogen and oxygen atoms in total. The second-order valence-electron chi connectivity index (χ2n) is 1.60. The first-order valence-corrected chi connectivity index (χ1v) is 2.83. The van der Waals surface area contributed by atoms with E-state index in [1.165, 1.54) is 0 Å². The van der Waals surface area contributed by atoms with Gasteiger partial charge in [0.15, 0.2) is 0 Å². The Kier molecular flexibility index (Phi) is 4.61. The second-order valence-corrected chi connectivity index (χ2v) is 1.60. The number of hydrogen-bond acceptors (Lipinski definition) is 2. The van der Waals surface area contributed by atoms with Crippen molar-refractivity contribution >= 4 is 0 Å². The maximum absolute atomic E-state index is 8.87. The third-order valence-electron chi connectivity index (χ3n) is 0.830. The van der Waals surface area contributed by atoms with Crippen molar-refractivity contribution in [2.45, 2.75) is 19.6 Å². The Morgan fingerprint density at radius 1 is 1.88 bits per heavy atom. The van der Waals surface area contributed by atoms with Crippen LogP contribution in [0.15, 0.2) is 12.7 Å². The minimum atomic E-state index is -0.405. The van der Waals surface area contributed by atoms with Gasteiger partial charge in [-0.2, -0.15) is 0 Å². The average Bonchev–Trinajstić information content (AvgIpc) is 1.68. The van der Waals surface area contributed by atoms with E-state index in [4.69, 9.17) is 5.11 Å². The maximum atomic E-state index is 8.87. The van der Waals surface area contributed by atoms with Gasteiger partial charge in [0.1, 0.15) is 6.23 Å². The fourth-order valence-corrected chi connectivity index (χ4v) is 0.477. The zero-order valence-electron chi connectivity index (χ0n) is 5.22. The van der Waals surface area contributed by atoms with Gasteiger partial charge in [-0.3, -0.25) is 5.32 Å². The lowest BCUT2D eigenvalue weighted by molar-refractivity contribution is 0.143. The van der Waals surface area contributed by atoms with E-state index in [0.29, 0.717) is 6.42 Å².